The molecule has 0 aliphatic carbocycles. The molecule has 1 atom stereocenters. The number of ether oxygens (including phenoxy) is 1. The van der Waals surface area contributed by atoms with Crippen LogP contribution in [0.15, 0.2) is 6.20 Å². The Hall–Kier alpha value is -2.05. The van der Waals surface area contributed by atoms with Crippen LogP contribution in [-0.4, -0.2) is 28.8 Å². The molecule has 82 valence electrons. The summed E-state index contributed by atoms with van der Waals surface area (Å²) in [4.78, 5) is 22.0. The first kappa shape index (κ1) is 11.0. The highest BCUT2D eigenvalue weighted by Gasteiger charge is 2.19. The van der Waals surface area contributed by atoms with Crippen LogP contribution in [0.25, 0.3) is 0 Å². The fourth-order valence-corrected chi connectivity index (χ4v) is 1.07. The number of amides is 1. The van der Waals surface area contributed by atoms with Gasteiger partial charge < -0.3 is 16.2 Å². The largest absolute Gasteiger partial charge is 0.467 e. The minimum Gasteiger partial charge on any atom is -0.467 e. The van der Waals surface area contributed by atoms with Crippen LogP contribution >= 0.6 is 0 Å². The maximum atomic E-state index is 11.2. The summed E-state index contributed by atoms with van der Waals surface area (Å²) in [7, 11) is 1.26. The van der Waals surface area contributed by atoms with E-state index in [0.29, 0.717) is 0 Å². The van der Waals surface area contributed by atoms with Crippen molar-refractivity contribution in [2.24, 2.45) is 5.73 Å². The van der Waals surface area contributed by atoms with Gasteiger partial charge in [0.15, 0.2) is 5.69 Å². The number of rotatable bonds is 3. The van der Waals surface area contributed by atoms with Gasteiger partial charge in [-0.1, -0.05) is 0 Å². The van der Waals surface area contributed by atoms with Crippen LogP contribution in [0.3, 0.4) is 0 Å². The molecule has 0 saturated heterocycles. The van der Waals surface area contributed by atoms with E-state index in [9.17, 15) is 9.59 Å². The Morgan fingerprint density at radius 3 is 2.60 bits per heavy atom. The van der Waals surface area contributed by atoms with E-state index in [2.05, 4.69) is 9.84 Å². The Balaban J connectivity index is 3.02. The number of anilines is 1. The van der Waals surface area contributed by atoms with E-state index in [0.717, 1.165) is 0 Å². The van der Waals surface area contributed by atoms with Gasteiger partial charge in [0.2, 0.25) is 0 Å². The highest BCUT2D eigenvalue weighted by molar-refractivity contribution is 5.95. The number of nitrogen functional groups attached to an aromatic ring is 1. The molecule has 1 heterocycles. The van der Waals surface area contributed by atoms with Gasteiger partial charge >= 0.3 is 5.97 Å². The van der Waals surface area contributed by atoms with E-state index >= 15 is 0 Å². The van der Waals surface area contributed by atoms with Crippen molar-refractivity contribution in [2.75, 3.05) is 12.8 Å². The van der Waals surface area contributed by atoms with Gasteiger partial charge in [0.1, 0.15) is 6.04 Å². The number of nitrogens with two attached hydrogens (primary N) is 2. The number of esters is 1. The Kier molecular flexibility index (Phi) is 2.93. The summed E-state index contributed by atoms with van der Waals surface area (Å²) in [5.41, 5.74) is 10.6. The zero-order valence-electron chi connectivity index (χ0n) is 8.43. The molecule has 0 spiro atoms. The second-order valence-corrected chi connectivity index (χ2v) is 2.98. The predicted molar refractivity (Wildman–Crippen MR) is 51.9 cm³/mol. The van der Waals surface area contributed by atoms with Gasteiger partial charge in [-0.3, -0.25) is 9.48 Å². The van der Waals surface area contributed by atoms with E-state index < -0.39 is 17.9 Å². The summed E-state index contributed by atoms with van der Waals surface area (Å²) in [6, 6.07) is -0.648. The molecule has 0 aliphatic heterocycles. The lowest BCUT2D eigenvalue weighted by Gasteiger charge is -2.08. The molecule has 1 aromatic heterocycles. The lowest BCUT2D eigenvalue weighted by molar-refractivity contribution is -0.144. The number of aromatic nitrogens is 2. The van der Waals surface area contributed by atoms with Crippen molar-refractivity contribution >= 4 is 17.6 Å². The van der Waals surface area contributed by atoms with Crippen molar-refractivity contribution < 1.29 is 14.3 Å². The van der Waals surface area contributed by atoms with Crippen LogP contribution in [0.4, 0.5) is 5.69 Å². The van der Waals surface area contributed by atoms with Gasteiger partial charge in [-0.15, -0.1) is 0 Å². The molecule has 0 aromatic carbocycles. The molecular weight excluding hydrogens is 200 g/mol. The molecule has 0 fully saturated rings. The quantitative estimate of drug-likeness (QED) is 0.643. The topological polar surface area (TPSA) is 113 Å². The van der Waals surface area contributed by atoms with E-state index in [1.54, 1.807) is 6.92 Å². The maximum absolute atomic E-state index is 11.2. The number of hydrogen-bond donors (Lipinski definition) is 2. The van der Waals surface area contributed by atoms with Crippen LogP contribution in [0.5, 0.6) is 0 Å². The third kappa shape index (κ3) is 2.06. The molecule has 0 bridgehead atoms. The first-order chi connectivity index (χ1) is 6.97. The third-order valence-electron chi connectivity index (χ3n) is 1.93. The first-order valence-electron chi connectivity index (χ1n) is 4.19. The second kappa shape index (κ2) is 3.99. The SMILES string of the molecule is COC(=O)C(C)n1cc(N)c(C(N)=O)n1. The molecule has 1 unspecified atom stereocenters. The van der Waals surface area contributed by atoms with Crippen molar-refractivity contribution in [3.8, 4) is 0 Å². The number of primary amides is 1. The Labute approximate surface area is 86.0 Å². The molecule has 7 heteroatoms. The van der Waals surface area contributed by atoms with Crippen molar-refractivity contribution in [3.63, 3.8) is 0 Å². The second-order valence-electron chi connectivity index (χ2n) is 2.98. The molecule has 1 amide bonds. The molecule has 0 saturated carbocycles. The predicted octanol–water partition coefficient (Wildman–Crippen LogP) is -0.702. The summed E-state index contributed by atoms with van der Waals surface area (Å²) < 4.78 is 5.76. The fraction of sp³-hybridized carbons (Fsp3) is 0.375. The summed E-state index contributed by atoms with van der Waals surface area (Å²) >= 11 is 0. The zero-order valence-corrected chi connectivity index (χ0v) is 8.43. The number of hydrogen-bond acceptors (Lipinski definition) is 5. The zero-order chi connectivity index (χ0) is 11.6. The lowest BCUT2D eigenvalue weighted by atomic mass is 10.3. The maximum Gasteiger partial charge on any atom is 0.330 e. The molecule has 1 rings (SSSR count). The highest BCUT2D eigenvalue weighted by atomic mass is 16.5. The molecule has 0 aliphatic rings. The minimum atomic E-state index is -0.733. The van der Waals surface area contributed by atoms with Gasteiger partial charge in [0.05, 0.1) is 12.8 Å². The summed E-state index contributed by atoms with van der Waals surface area (Å²) in [6.07, 6.45) is 1.36. The molecule has 0 radical (unpaired) electrons. The smallest absolute Gasteiger partial charge is 0.330 e. The van der Waals surface area contributed by atoms with Crippen molar-refractivity contribution in [3.05, 3.63) is 11.9 Å². The van der Waals surface area contributed by atoms with Crippen LogP contribution in [0.2, 0.25) is 0 Å². The summed E-state index contributed by atoms with van der Waals surface area (Å²) in [5.74, 6) is -1.21. The average Bonchev–Trinajstić information content (AvgIpc) is 2.58. The molecule has 15 heavy (non-hydrogen) atoms. The molecule has 7 nitrogen and oxygen atoms in total. The van der Waals surface area contributed by atoms with Gasteiger partial charge in [-0.05, 0) is 6.92 Å². The average molecular weight is 212 g/mol. The Morgan fingerprint density at radius 2 is 2.20 bits per heavy atom. The lowest BCUT2D eigenvalue weighted by Crippen LogP contribution is -2.19. The first-order valence-corrected chi connectivity index (χ1v) is 4.19. The molecule has 4 N–H and O–H groups in total. The van der Waals surface area contributed by atoms with E-state index in [-0.39, 0.29) is 11.4 Å². The van der Waals surface area contributed by atoms with Crippen molar-refractivity contribution in [2.45, 2.75) is 13.0 Å². The number of carbonyl (C=O) groups excluding carboxylic acids is 2. The number of nitrogens with zero attached hydrogens (tertiary/aromatic N) is 2. The highest BCUT2D eigenvalue weighted by Crippen LogP contribution is 2.13. The summed E-state index contributed by atoms with van der Waals surface area (Å²) in [5, 5.41) is 3.79. The van der Waals surface area contributed by atoms with Crippen molar-refractivity contribution in [1.29, 1.82) is 0 Å². The van der Waals surface area contributed by atoms with Crippen LogP contribution in [0, 0.1) is 0 Å². The third-order valence-corrected chi connectivity index (χ3v) is 1.93. The number of carbonyl (C=O) groups is 2. The summed E-state index contributed by atoms with van der Waals surface area (Å²) in [6.45, 7) is 1.57. The van der Waals surface area contributed by atoms with Gasteiger partial charge in [0.25, 0.3) is 5.91 Å². The number of methoxy groups -OCH3 is 1. The molecular formula is C8H12N4O3. The van der Waals surface area contributed by atoms with Crippen LogP contribution in [-0.2, 0) is 9.53 Å². The fourth-order valence-electron chi connectivity index (χ4n) is 1.07. The van der Waals surface area contributed by atoms with E-state index in [1.807, 2.05) is 0 Å². The van der Waals surface area contributed by atoms with Gasteiger partial charge in [0, 0.05) is 6.20 Å². The Morgan fingerprint density at radius 1 is 1.60 bits per heavy atom. The van der Waals surface area contributed by atoms with E-state index in [4.69, 9.17) is 11.5 Å². The Bertz CT molecular complexity index is 399. The minimum absolute atomic E-state index is 0.0502. The molecule has 1 aromatic rings. The van der Waals surface area contributed by atoms with E-state index in [1.165, 1.54) is 18.0 Å². The van der Waals surface area contributed by atoms with Crippen LogP contribution < -0.4 is 11.5 Å². The van der Waals surface area contributed by atoms with Gasteiger partial charge in [-0.2, -0.15) is 5.10 Å². The monoisotopic (exact) mass is 212 g/mol. The van der Waals surface area contributed by atoms with Gasteiger partial charge in [-0.25, -0.2) is 4.79 Å². The van der Waals surface area contributed by atoms with Crippen LogP contribution in [0.1, 0.15) is 23.5 Å². The standard InChI is InChI=1S/C8H12N4O3/c1-4(8(14)15-2)12-3-5(9)6(11-12)7(10)13/h3-4H,9H2,1-2H3,(H2,10,13). The normalized spacial score (nSPS) is 12.1. The van der Waals surface area contributed by atoms with Crippen molar-refractivity contribution in [1.82, 2.24) is 9.78 Å².